The number of carbonyl (C=O) groups is 3. The SMILES string of the molecule is O=C(O)CCCNC(=O)c1ccc(CN2CCC(N3C(=O)N(C4CCCCC4)CC3c3ccccc3)CC2)cc1. The monoisotopic (exact) mass is 546 g/mol. The second kappa shape index (κ2) is 13.3. The highest BCUT2D eigenvalue weighted by atomic mass is 16.4. The number of hydrogen-bond acceptors (Lipinski definition) is 4. The Morgan fingerprint density at radius 2 is 1.57 bits per heavy atom. The molecule has 2 aromatic rings. The van der Waals surface area contributed by atoms with E-state index in [0.29, 0.717) is 24.6 Å². The number of carboxylic acid groups (broad SMARTS) is 1. The zero-order valence-corrected chi connectivity index (χ0v) is 23.3. The van der Waals surface area contributed by atoms with Crippen molar-refractivity contribution in [3.8, 4) is 0 Å². The summed E-state index contributed by atoms with van der Waals surface area (Å²) in [6, 6.07) is 19.2. The van der Waals surface area contributed by atoms with Gasteiger partial charge in [-0.25, -0.2) is 4.79 Å². The van der Waals surface area contributed by atoms with Gasteiger partial charge in [-0.05, 0) is 55.4 Å². The number of carbonyl (C=O) groups excluding carboxylic acids is 2. The third-order valence-corrected chi connectivity index (χ3v) is 8.80. The molecule has 8 nitrogen and oxygen atoms in total. The summed E-state index contributed by atoms with van der Waals surface area (Å²) in [5, 5.41) is 11.5. The Morgan fingerprint density at radius 1 is 0.875 bits per heavy atom. The van der Waals surface area contributed by atoms with Crippen molar-refractivity contribution >= 4 is 17.9 Å². The van der Waals surface area contributed by atoms with Crippen molar-refractivity contribution in [2.75, 3.05) is 26.2 Å². The number of rotatable bonds is 10. The van der Waals surface area contributed by atoms with E-state index in [1.807, 2.05) is 30.3 Å². The molecule has 2 saturated heterocycles. The van der Waals surface area contributed by atoms with Gasteiger partial charge >= 0.3 is 12.0 Å². The van der Waals surface area contributed by atoms with E-state index < -0.39 is 5.97 Å². The smallest absolute Gasteiger partial charge is 0.321 e. The fourth-order valence-corrected chi connectivity index (χ4v) is 6.60. The zero-order valence-electron chi connectivity index (χ0n) is 23.3. The minimum Gasteiger partial charge on any atom is -0.481 e. The van der Waals surface area contributed by atoms with Gasteiger partial charge in [0.25, 0.3) is 5.91 Å². The van der Waals surface area contributed by atoms with Gasteiger partial charge in [0.1, 0.15) is 0 Å². The van der Waals surface area contributed by atoms with Crippen molar-refractivity contribution in [1.82, 2.24) is 20.0 Å². The minimum absolute atomic E-state index is 0.0491. The second-order valence-electron chi connectivity index (χ2n) is 11.5. The number of benzene rings is 2. The molecule has 8 heteroatoms. The molecule has 3 aliphatic rings. The Kier molecular flexibility index (Phi) is 9.37. The molecular formula is C32H42N4O4. The highest BCUT2D eigenvalue weighted by Crippen LogP contribution is 2.38. The van der Waals surface area contributed by atoms with E-state index in [-0.39, 0.29) is 30.4 Å². The summed E-state index contributed by atoms with van der Waals surface area (Å²) in [6.07, 6.45) is 8.39. The van der Waals surface area contributed by atoms with Crippen LogP contribution in [-0.2, 0) is 11.3 Å². The van der Waals surface area contributed by atoms with Crippen LogP contribution in [0.1, 0.15) is 85.3 Å². The molecule has 0 radical (unpaired) electrons. The van der Waals surface area contributed by atoms with Gasteiger partial charge < -0.3 is 20.2 Å². The Hall–Kier alpha value is -3.39. The minimum atomic E-state index is -0.855. The zero-order chi connectivity index (χ0) is 27.9. The predicted molar refractivity (Wildman–Crippen MR) is 154 cm³/mol. The number of nitrogens with one attached hydrogen (secondary N) is 1. The van der Waals surface area contributed by atoms with Crippen molar-refractivity contribution < 1.29 is 19.5 Å². The van der Waals surface area contributed by atoms with Gasteiger partial charge in [0.2, 0.25) is 0 Å². The quantitative estimate of drug-likeness (QED) is 0.407. The lowest BCUT2D eigenvalue weighted by atomic mass is 9.94. The molecule has 3 fully saturated rings. The molecule has 40 heavy (non-hydrogen) atoms. The number of amides is 3. The summed E-state index contributed by atoms with van der Waals surface area (Å²) >= 11 is 0. The van der Waals surface area contributed by atoms with Crippen LogP contribution in [0.25, 0.3) is 0 Å². The lowest BCUT2D eigenvalue weighted by Crippen LogP contribution is -2.48. The molecule has 1 aliphatic carbocycles. The van der Waals surface area contributed by atoms with Crippen molar-refractivity contribution in [3.63, 3.8) is 0 Å². The first-order chi connectivity index (χ1) is 19.5. The van der Waals surface area contributed by atoms with E-state index in [9.17, 15) is 14.4 Å². The summed E-state index contributed by atoms with van der Waals surface area (Å²) in [5.74, 6) is -1.03. The average molecular weight is 547 g/mol. The van der Waals surface area contributed by atoms with Crippen molar-refractivity contribution in [2.24, 2.45) is 0 Å². The summed E-state index contributed by atoms with van der Waals surface area (Å²) in [5.41, 5.74) is 2.98. The molecule has 214 valence electrons. The van der Waals surface area contributed by atoms with Crippen LogP contribution in [-0.4, -0.2) is 76.0 Å². The average Bonchev–Trinajstić information content (AvgIpc) is 3.33. The number of nitrogens with zero attached hydrogens (tertiary/aromatic N) is 3. The summed E-state index contributed by atoms with van der Waals surface area (Å²) < 4.78 is 0. The van der Waals surface area contributed by atoms with Gasteiger partial charge in [-0.2, -0.15) is 0 Å². The maximum Gasteiger partial charge on any atom is 0.321 e. The molecule has 1 unspecified atom stereocenters. The normalized spacial score (nSPS) is 21.1. The van der Waals surface area contributed by atoms with Crippen LogP contribution in [0.2, 0.25) is 0 Å². The molecular weight excluding hydrogens is 504 g/mol. The Balaban J connectivity index is 1.16. The fourth-order valence-electron chi connectivity index (χ4n) is 6.60. The molecule has 1 saturated carbocycles. The Labute approximate surface area is 237 Å². The number of aliphatic carboxylic acids is 1. The maximum atomic E-state index is 13.8. The molecule has 2 aromatic carbocycles. The number of carboxylic acids is 1. The van der Waals surface area contributed by atoms with E-state index in [4.69, 9.17) is 5.11 Å². The summed E-state index contributed by atoms with van der Waals surface area (Å²) in [6.45, 7) is 3.84. The fraction of sp³-hybridized carbons (Fsp3) is 0.531. The van der Waals surface area contributed by atoms with Gasteiger partial charge in [0, 0.05) is 56.8 Å². The van der Waals surface area contributed by atoms with E-state index >= 15 is 0 Å². The number of hydrogen-bond donors (Lipinski definition) is 2. The van der Waals surface area contributed by atoms with Gasteiger partial charge in [0.05, 0.1) is 6.04 Å². The van der Waals surface area contributed by atoms with Gasteiger partial charge in [-0.1, -0.05) is 61.7 Å². The highest BCUT2D eigenvalue weighted by molar-refractivity contribution is 5.94. The van der Waals surface area contributed by atoms with E-state index in [2.05, 4.69) is 44.3 Å². The third-order valence-electron chi connectivity index (χ3n) is 8.80. The predicted octanol–water partition coefficient (Wildman–Crippen LogP) is 5.06. The lowest BCUT2D eigenvalue weighted by molar-refractivity contribution is -0.137. The molecule has 5 rings (SSSR count). The number of urea groups is 1. The molecule has 3 amide bonds. The Bertz CT molecular complexity index is 1140. The maximum absolute atomic E-state index is 13.8. The Morgan fingerprint density at radius 3 is 2.25 bits per heavy atom. The van der Waals surface area contributed by atoms with Gasteiger partial charge in [0.15, 0.2) is 0 Å². The molecule has 0 spiro atoms. The van der Waals surface area contributed by atoms with Crippen LogP contribution in [0.5, 0.6) is 0 Å². The summed E-state index contributed by atoms with van der Waals surface area (Å²) in [7, 11) is 0. The first-order valence-corrected chi connectivity index (χ1v) is 14.9. The largest absolute Gasteiger partial charge is 0.481 e. The first kappa shape index (κ1) is 28.1. The van der Waals surface area contributed by atoms with Crippen LogP contribution in [0.4, 0.5) is 4.79 Å². The van der Waals surface area contributed by atoms with Crippen molar-refractivity contribution in [1.29, 1.82) is 0 Å². The molecule has 2 heterocycles. The lowest BCUT2D eigenvalue weighted by Gasteiger charge is -2.39. The van der Waals surface area contributed by atoms with Crippen molar-refractivity contribution in [3.05, 3.63) is 71.3 Å². The summed E-state index contributed by atoms with van der Waals surface area (Å²) in [4.78, 5) is 43.6. The van der Waals surface area contributed by atoms with Gasteiger partial charge in [-0.3, -0.25) is 14.5 Å². The van der Waals surface area contributed by atoms with E-state index in [1.165, 1.54) is 24.8 Å². The third kappa shape index (κ3) is 6.84. The highest BCUT2D eigenvalue weighted by Gasteiger charge is 2.45. The van der Waals surface area contributed by atoms with E-state index in [1.54, 1.807) is 0 Å². The van der Waals surface area contributed by atoms with Crippen LogP contribution in [0, 0.1) is 0 Å². The van der Waals surface area contributed by atoms with Gasteiger partial charge in [-0.15, -0.1) is 0 Å². The molecule has 2 N–H and O–H groups in total. The molecule has 0 aromatic heterocycles. The standard InChI is InChI=1S/C32H42N4O4/c37-30(38)12-7-19-33-31(39)26-15-13-24(14-16-26)22-34-20-17-28(18-21-34)36-29(25-8-3-1-4-9-25)23-35(32(36)40)27-10-5-2-6-11-27/h1,3-4,8-9,13-16,27-29H,2,5-7,10-12,17-23H2,(H,33,39)(H,37,38). The van der Waals surface area contributed by atoms with Crippen molar-refractivity contribution in [2.45, 2.75) is 82.5 Å². The number of piperidine rings is 1. The van der Waals surface area contributed by atoms with Crippen LogP contribution in [0.3, 0.4) is 0 Å². The van der Waals surface area contributed by atoms with Crippen LogP contribution in [0.15, 0.2) is 54.6 Å². The number of likely N-dealkylation sites (tertiary alicyclic amines) is 1. The second-order valence-corrected chi connectivity index (χ2v) is 11.5. The topological polar surface area (TPSA) is 93.2 Å². The first-order valence-electron chi connectivity index (χ1n) is 14.9. The molecule has 0 bridgehead atoms. The molecule has 1 atom stereocenters. The van der Waals surface area contributed by atoms with Crippen LogP contribution >= 0.6 is 0 Å². The van der Waals surface area contributed by atoms with Crippen LogP contribution < -0.4 is 5.32 Å². The molecule has 2 aliphatic heterocycles. The van der Waals surface area contributed by atoms with E-state index in [0.717, 1.165) is 57.4 Å².